The van der Waals surface area contributed by atoms with Crippen molar-refractivity contribution in [3.8, 4) is 0 Å². The molecule has 27 heavy (non-hydrogen) atoms. The molecule has 7 heteroatoms. The Bertz CT molecular complexity index is 854. The number of hydrogen-bond acceptors (Lipinski definition) is 4. The molecule has 3 amide bonds. The second-order valence-corrected chi connectivity index (χ2v) is 6.39. The minimum absolute atomic E-state index is 0.0248. The zero-order valence-electron chi connectivity index (χ0n) is 15.9. The van der Waals surface area contributed by atoms with Crippen LogP contribution in [-0.2, 0) is 9.59 Å². The second-order valence-electron chi connectivity index (χ2n) is 6.39. The molecule has 0 aliphatic carbocycles. The van der Waals surface area contributed by atoms with E-state index in [4.69, 9.17) is 0 Å². The van der Waals surface area contributed by atoms with Crippen molar-refractivity contribution in [3.63, 3.8) is 0 Å². The van der Waals surface area contributed by atoms with Crippen molar-refractivity contribution < 1.29 is 14.4 Å². The van der Waals surface area contributed by atoms with Crippen molar-refractivity contribution >= 4 is 29.1 Å². The lowest BCUT2D eigenvalue weighted by atomic mass is 10.1. The molecule has 0 radical (unpaired) electrons. The summed E-state index contributed by atoms with van der Waals surface area (Å²) in [6, 6.07) is 10.5. The Hall–Kier alpha value is -3.35. The molecule has 0 heterocycles. The third kappa shape index (κ3) is 5.85. The average molecular weight is 368 g/mol. The molecule has 0 bridgehead atoms. The molecule has 0 saturated heterocycles. The van der Waals surface area contributed by atoms with Gasteiger partial charge in [0.25, 0.3) is 11.8 Å². The van der Waals surface area contributed by atoms with Crippen molar-refractivity contribution in [2.24, 2.45) is 0 Å². The summed E-state index contributed by atoms with van der Waals surface area (Å²) in [6.07, 6.45) is 0. The minimum atomic E-state index is -0.474. The Morgan fingerprint density at radius 1 is 0.926 bits per heavy atom. The van der Waals surface area contributed by atoms with Gasteiger partial charge in [-0.3, -0.25) is 25.2 Å². The third-order valence-corrected chi connectivity index (χ3v) is 3.86. The third-order valence-electron chi connectivity index (χ3n) is 3.86. The Morgan fingerprint density at radius 3 is 2.22 bits per heavy atom. The maximum atomic E-state index is 12.1. The first-order valence-corrected chi connectivity index (χ1v) is 8.55. The van der Waals surface area contributed by atoms with Gasteiger partial charge in [0.15, 0.2) is 0 Å². The van der Waals surface area contributed by atoms with Gasteiger partial charge in [-0.05, 0) is 50.1 Å². The van der Waals surface area contributed by atoms with Gasteiger partial charge in [-0.1, -0.05) is 23.8 Å². The van der Waals surface area contributed by atoms with E-state index in [1.54, 1.807) is 18.2 Å². The first kappa shape index (κ1) is 20.0. The predicted molar refractivity (Wildman–Crippen MR) is 105 cm³/mol. The van der Waals surface area contributed by atoms with Crippen LogP contribution in [0.5, 0.6) is 0 Å². The first-order valence-electron chi connectivity index (χ1n) is 8.55. The van der Waals surface area contributed by atoms with Gasteiger partial charge in [-0.25, -0.2) is 0 Å². The molecule has 4 N–H and O–H groups in total. The average Bonchev–Trinajstić information content (AvgIpc) is 2.58. The SMILES string of the molecule is CC(=O)Nc1cccc(C(=O)NNC(=O)CNc2c(C)cc(C)cc2C)c1. The van der Waals surface area contributed by atoms with Crippen molar-refractivity contribution in [3.05, 3.63) is 58.7 Å². The van der Waals surface area contributed by atoms with Crippen molar-refractivity contribution in [2.75, 3.05) is 17.2 Å². The van der Waals surface area contributed by atoms with E-state index in [2.05, 4.69) is 21.5 Å². The summed E-state index contributed by atoms with van der Waals surface area (Å²) in [4.78, 5) is 35.2. The van der Waals surface area contributed by atoms with Gasteiger partial charge >= 0.3 is 0 Å². The fraction of sp³-hybridized carbons (Fsp3) is 0.250. The molecule has 0 aliphatic heterocycles. The predicted octanol–water partition coefficient (Wildman–Crippen LogP) is 2.44. The molecule has 0 aromatic heterocycles. The highest BCUT2D eigenvalue weighted by Crippen LogP contribution is 2.21. The molecule has 142 valence electrons. The number of hydrazine groups is 1. The van der Waals surface area contributed by atoms with Crippen LogP contribution in [0.15, 0.2) is 36.4 Å². The topological polar surface area (TPSA) is 99.3 Å². The summed E-state index contributed by atoms with van der Waals surface area (Å²) >= 11 is 0. The highest BCUT2D eigenvalue weighted by molar-refractivity contribution is 5.97. The Kier molecular flexibility index (Phi) is 6.54. The summed E-state index contributed by atoms with van der Waals surface area (Å²) in [6.45, 7) is 7.38. The Morgan fingerprint density at radius 2 is 1.59 bits per heavy atom. The highest BCUT2D eigenvalue weighted by atomic mass is 16.2. The van der Waals surface area contributed by atoms with Crippen LogP contribution in [0.4, 0.5) is 11.4 Å². The lowest BCUT2D eigenvalue weighted by Crippen LogP contribution is -2.44. The van der Waals surface area contributed by atoms with Crippen LogP contribution in [0.2, 0.25) is 0 Å². The molecule has 0 fully saturated rings. The molecule has 2 aromatic rings. The van der Waals surface area contributed by atoms with E-state index in [1.807, 2.05) is 32.9 Å². The number of benzene rings is 2. The Labute approximate surface area is 158 Å². The normalized spacial score (nSPS) is 10.1. The lowest BCUT2D eigenvalue weighted by molar-refractivity contribution is -0.120. The zero-order chi connectivity index (χ0) is 20.0. The fourth-order valence-corrected chi connectivity index (χ4v) is 2.81. The summed E-state index contributed by atoms with van der Waals surface area (Å²) < 4.78 is 0. The highest BCUT2D eigenvalue weighted by Gasteiger charge is 2.10. The van der Waals surface area contributed by atoms with Gasteiger partial charge in [-0.2, -0.15) is 0 Å². The number of anilines is 2. The molecule has 7 nitrogen and oxygen atoms in total. The number of amides is 3. The van der Waals surface area contributed by atoms with Gasteiger partial charge in [0.05, 0.1) is 6.54 Å². The number of hydrogen-bond donors (Lipinski definition) is 4. The van der Waals surface area contributed by atoms with Gasteiger partial charge in [0.2, 0.25) is 5.91 Å². The van der Waals surface area contributed by atoms with Gasteiger partial charge < -0.3 is 10.6 Å². The maximum absolute atomic E-state index is 12.1. The standard InChI is InChI=1S/C20H24N4O3/c1-12-8-13(2)19(14(3)9-12)21-11-18(26)23-24-20(27)16-6-5-7-17(10-16)22-15(4)25/h5-10,21H,11H2,1-4H3,(H,22,25)(H,23,26)(H,24,27). The molecule has 0 atom stereocenters. The quantitative estimate of drug-likeness (QED) is 0.609. The summed E-state index contributed by atoms with van der Waals surface area (Å²) in [5.74, 6) is -1.08. The molecule has 0 unspecified atom stereocenters. The van der Waals surface area contributed by atoms with Crippen LogP contribution >= 0.6 is 0 Å². The van der Waals surface area contributed by atoms with E-state index in [1.165, 1.54) is 13.0 Å². The monoisotopic (exact) mass is 368 g/mol. The Balaban J connectivity index is 1.88. The molecule has 0 aliphatic rings. The largest absolute Gasteiger partial charge is 0.376 e. The first-order chi connectivity index (χ1) is 12.8. The van der Waals surface area contributed by atoms with Crippen LogP contribution in [-0.4, -0.2) is 24.3 Å². The number of nitrogens with one attached hydrogen (secondary N) is 4. The molecule has 0 spiro atoms. The number of aryl methyl sites for hydroxylation is 3. The van der Waals surface area contributed by atoms with E-state index < -0.39 is 5.91 Å². The molecule has 2 aromatic carbocycles. The number of rotatable bonds is 5. The summed E-state index contributed by atoms with van der Waals surface area (Å²) in [5.41, 5.74) is 9.74. The van der Waals surface area contributed by atoms with Crippen LogP contribution in [0, 0.1) is 20.8 Å². The van der Waals surface area contributed by atoms with Crippen molar-refractivity contribution in [1.82, 2.24) is 10.9 Å². The smallest absolute Gasteiger partial charge is 0.269 e. The fourth-order valence-electron chi connectivity index (χ4n) is 2.81. The van der Waals surface area contributed by atoms with E-state index in [-0.39, 0.29) is 18.4 Å². The maximum Gasteiger partial charge on any atom is 0.269 e. The molecular weight excluding hydrogens is 344 g/mol. The van der Waals surface area contributed by atoms with Gasteiger partial charge in [0, 0.05) is 23.9 Å². The molecule has 0 saturated carbocycles. The van der Waals surface area contributed by atoms with Crippen LogP contribution < -0.4 is 21.5 Å². The van der Waals surface area contributed by atoms with E-state index in [0.29, 0.717) is 11.3 Å². The van der Waals surface area contributed by atoms with E-state index >= 15 is 0 Å². The zero-order valence-corrected chi connectivity index (χ0v) is 15.9. The van der Waals surface area contributed by atoms with Crippen LogP contribution in [0.3, 0.4) is 0 Å². The van der Waals surface area contributed by atoms with Crippen molar-refractivity contribution in [2.45, 2.75) is 27.7 Å². The summed E-state index contributed by atoms with van der Waals surface area (Å²) in [5, 5.41) is 5.69. The lowest BCUT2D eigenvalue weighted by Gasteiger charge is -2.14. The number of carbonyl (C=O) groups is 3. The molecule has 2 rings (SSSR count). The van der Waals surface area contributed by atoms with Crippen LogP contribution in [0.1, 0.15) is 34.0 Å². The summed E-state index contributed by atoms with van der Waals surface area (Å²) in [7, 11) is 0. The van der Waals surface area contributed by atoms with E-state index in [0.717, 1.165) is 22.4 Å². The minimum Gasteiger partial charge on any atom is -0.376 e. The number of carbonyl (C=O) groups excluding carboxylic acids is 3. The van der Waals surface area contributed by atoms with Crippen LogP contribution in [0.25, 0.3) is 0 Å². The molecular formula is C20H24N4O3. The van der Waals surface area contributed by atoms with Gasteiger partial charge in [-0.15, -0.1) is 0 Å². The van der Waals surface area contributed by atoms with Crippen molar-refractivity contribution in [1.29, 1.82) is 0 Å². The second kappa shape index (κ2) is 8.84. The van der Waals surface area contributed by atoms with E-state index in [9.17, 15) is 14.4 Å². The van der Waals surface area contributed by atoms with Gasteiger partial charge in [0.1, 0.15) is 0 Å².